The summed E-state index contributed by atoms with van der Waals surface area (Å²) in [6.45, 7) is 5.65. The van der Waals surface area contributed by atoms with Gasteiger partial charge in [-0.05, 0) is 48.6 Å². The molecular formula is C27H32N2O3. The fourth-order valence-electron chi connectivity index (χ4n) is 3.12. The lowest BCUT2D eigenvalue weighted by atomic mass is 10.1. The van der Waals surface area contributed by atoms with Crippen molar-refractivity contribution in [3.8, 4) is 11.5 Å². The molecule has 0 heterocycles. The molecule has 3 rings (SSSR count). The second-order valence-electron chi connectivity index (χ2n) is 8.10. The van der Waals surface area contributed by atoms with Gasteiger partial charge in [-0.3, -0.25) is 4.79 Å². The van der Waals surface area contributed by atoms with Crippen LogP contribution < -0.4 is 20.1 Å². The summed E-state index contributed by atoms with van der Waals surface area (Å²) < 4.78 is 11.6. The van der Waals surface area contributed by atoms with Crippen LogP contribution in [0.3, 0.4) is 0 Å². The van der Waals surface area contributed by atoms with Crippen molar-refractivity contribution in [3.63, 3.8) is 0 Å². The van der Waals surface area contributed by atoms with E-state index < -0.39 is 0 Å². The van der Waals surface area contributed by atoms with Crippen LogP contribution in [0, 0.1) is 5.92 Å². The van der Waals surface area contributed by atoms with Crippen LogP contribution in [0.4, 0.5) is 11.4 Å². The number of aryl methyl sites for hydroxylation is 1. The van der Waals surface area contributed by atoms with Crippen molar-refractivity contribution in [1.82, 2.24) is 0 Å². The van der Waals surface area contributed by atoms with Crippen molar-refractivity contribution in [2.45, 2.75) is 26.7 Å². The first-order valence-corrected chi connectivity index (χ1v) is 11.1. The van der Waals surface area contributed by atoms with Gasteiger partial charge in [-0.15, -0.1) is 0 Å². The minimum absolute atomic E-state index is 0.125. The molecule has 0 bridgehead atoms. The van der Waals surface area contributed by atoms with Gasteiger partial charge < -0.3 is 20.1 Å². The highest BCUT2D eigenvalue weighted by Crippen LogP contribution is 2.19. The third kappa shape index (κ3) is 8.34. The van der Waals surface area contributed by atoms with Gasteiger partial charge in [0.15, 0.2) is 0 Å². The summed E-state index contributed by atoms with van der Waals surface area (Å²) in [6.07, 6.45) is 1.94. The number of nitrogens with one attached hydrogen (secondary N) is 2. The zero-order chi connectivity index (χ0) is 22.6. The van der Waals surface area contributed by atoms with E-state index in [-0.39, 0.29) is 12.5 Å². The molecule has 0 radical (unpaired) electrons. The van der Waals surface area contributed by atoms with Crippen molar-refractivity contribution >= 4 is 17.3 Å². The van der Waals surface area contributed by atoms with Gasteiger partial charge in [0, 0.05) is 23.5 Å². The molecule has 0 aliphatic heterocycles. The van der Waals surface area contributed by atoms with Gasteiger partial charge in [0.2, 0.25) is 5.91 Å². The lowest BCUT2D eigenvalue weighted by Gasteiger charge is -2.12. The molecule has 5 nitrogen and oxygen atoms in total. The quantitative estimate of drug-likeness (QED) is 0.356. The summed E-state index contributed by atoms with van der Waals surface area (Å²) >= 11 is 0. The molecule has 0 aliphatic rings. The van der Waals surface area contributed by atoms with E-state index in [4.69, 9.17) is 9.47 Å². The van der Waals surface area contributed by atoms with E-state index in [1.165, 1.54) is 5.56 Å². The van der Waals surface area contributed by atoms with E-state index in [1.54, 1.807) is 0 Å². The molecule has 2 N–H and O–H groups in total. The molecule has 32 heavy (non-hydrogen) atoms. The Morgan fingerprint density at radius 3 is 2.28 bits per heavy atom. The molecule has 1 amide bonds. The van der Waals surface area contributed by atoms with Gasteiger partial charge in [-0.1, -0.05) is 56.3 Å². The van der Waals surface area contributed by atoms with Crippen LogP contribution in [-0.4, -0.2) is 25.7 Å². The number of hydrogen-bond donors (Lipinski definition) is 2. The Kier molecular flexibility index (Phi) is 8.99. The van der Waals surface area contributed by atoms with Gasteiger partial charge in [0.05, 0.1) is 19.8 Å². The first-order valence-electron chi connectivity index (χ1n) is 11.1. The molecule has 5 heteroatoms. The summed E-state index contributed by atoms with van der Waals surface area (Å²) in [5.41, 5.74) is 2.87. The summed E-state index contributed by atoms with van der Waals surface area (Å²) in [5.74, 6) is 1.86. The number of rotatable bonds is 12. The summed E-state index contributed by atoms with van der Waals surface area (Å²) in [6, 6.07) is 25.5. The SMILES string of the molecule is CC(C)COc1cccc(NC(=O)CNc2cccc(OCCCc3ccccc3)c2)c1. The van der Waals surface area contributed by atoms with Crippen LogP contribution in [0.25, 0.3) is 0 Å². The first kappa shape index (κ1) is 23.2. The lowest BCUT2D eigenvalue weighted by molar-refractivity contribution is -0.114. The van der Waals surface area contributed by atoms with Crippen molar-refractivity contribution < 1.29 is 14.3 Å². The zero-order valence-electron chi connectivity index (χ0n) is 18.8. The number of amides is 1. The van der Waals surface area contributed by atoms with E-state index >= 15 is 0 Å². The van der Waals surface area contributed by atoms with Crippen LogP contribution in [0.2, 0.25) is 0 Å². The molecule has 0 aromatic heterocycles. The van der Waals surface area contributed by atoms with Gasteiger partial charge in [-0.25, -0.2) is 0 Å². The maximum atomic E-state index is 12.3. The number of ether oxygens (including phenoxy) is 2. The molecule has 168 valence electrons. The molecule has 3 aromatic rings. The summed E-state index contributed by atoms with van der Waals surface area (Å²) in [5, 5.41) is 6.05. The number of anilines is 2. The van der Waals surface area contributed by atoms with Crippen LogP contribution in [-0.2, 0) is 11.2 Å². The molecule has 0 atom stereocenters. The van der Waals surface area contributed by atoms with Crippen molar-refractivity contribution in [1.29, 1.82) is 0 Å². The molecule has 0 aliphatic carbocycles. The number of benzene rings is 3. The van der Waals surface area contributed by atoms with Crippen molar-refractivity contribution in [2.24, 2.45) is 5.92 Å². The maximum absolute atomic E-state index is 12.3. The Morgan fingerprint density at radius 2 is 1.53 bits per heavy atom. The second-order valence-corrected chi connectivity index (χ2v) is 8.10. The van der Waals surface area contributed by atoms with Crippen LogP contribution >= 0.6 is 0 Å². The first-order chi connectivity index (χ1) is 15.6. The minimum Gasteiger partial charge on any atom is -0.494 e. The van der Waals surface area contributed by atoms with Crippen LogP contribution in [0.5, 0.6) is 11.5 Å². The highest BCUT2D eigenvalue weighted by Gasteiger charge is 2.05. The fourth-order valence-corrected chi connectivity index (χ4v) is 3.12. The zero-order valence-corrected chi connectivity index (χ0v) is 18.8. The number of carbonyl (C=O) groups excluding carboxylic acids is 1. The average Bonchev–Trinajstić information content (AvgIpc) is 2.80. The maximum Gasteiger partial charge on any atom is 0.243 e. The molecule has 0 spiro atoms. The van der Waals surface area contributed by atoms with Gasteiger partial charge in [-0.2, -0.15) is 0 Å². The second kappa shape index (κ2) is 12.4. The highest BCUT2D eigenvalue weighted by atomic mass is 16.5. The lowest BCUT2D eigenvalue weighted by Crippen LogP contribution is -2.21. The molecule has 0 saturated heterocycles. The Hall–Kier alpha value is -3.47. The predicted molar refractivity (Wildman–Crippen MR) is 131 cm³/mol. The van der Waals surface area contributed by atoms with Crippen molar-refractivity contribution in [2.75, 3.05) is 30.4 Å². The Morgan fingerprint density at radius 1 is 0.844 bits per heavy atom. The van der Waals surface area contributed by atoms with Gasteiger partial charge >= 0.3 is 0 Å². The van der Waals surface area contributed by atoms with E-state index in [0.717, 1.165) is 30.0 Å². The molecule has 0 unspecified atom stereocenters. The molecule has 0 fully saturated rings. The molecule has 0 saturated carbocycles. The third-order valence-corrected chi connectivity index (χ3v) is 4.71. The predicted octanol–water partition coefficient (Wildman–Crippen LogP) is 5.78. The van der Waals surface area contributed by atoms with E-state index in [0.29, 0.717) is 24.8 Å². The Balaban J connectivity index is 1.41. The van der Waals surface area contributed by atoms with Gasteiger partial charge in [0.1, 0.15) is 11.5 Å². The largest absolute Gasteiger partial charge is 0.494 e. The topological polar surface area (TPSA) is 59.6 Å². The molecular weight excluding hydrogens is 400 g/mol. The fraction of sp³-hybridized carbons (Fsp3) is 0.296. The highest BCUT2D eigenvalue weighted by molar-refractivity contribution is 5.93. The average molecular weight is 433 g/mol. The summed E-state index contributed by atoms with van der Waals surface area (Å²) in [7, 11) is 0. The number of hydrogen-bond acceptors (Lipinski definition) is 4. The van der Waals surface area contributed by atoms with Crippen molar-refractivity contribution in [3.05, 3.63) is 84.4 Å². The molecule has 3 aromatic carbocycles. The van der Waals surface area contributed by atoms with Crippen LogP contribution in [0.15, 0.2) is 78.9 Å². The normalized spacial score (nSPS) is 10.6. The van der Waals surface area contributed by atoms with E-state index in [1.807, 2.05) is 54.6 Å². The number of carbonyl (C=O) groups is 1. The third-order valence-electron chi connectivity index (χ3n) is 4.71. The van der Waals surface area contributed by atoms with Crippen LogP contribution in [0.1, 0.15) is 25.8 Å². The summed E-state index contributed by atoms with van der Waals surface area (Å²) in [4.78, 5) is 12.3. The Labute approximate surface area is 190 Å². The Bertz CT molecular complexity index is 973. The van der Waals surface area contributed by atoms with Gasteiger partial charge in [0.25, 0.3) is 0 Å². The monoisotopic (exact) mass is 432 g/mol. The van der Waals surface area contributed by atoms with E-state index in [9.17, 15) is 4.79 Å². The standard InChI is InChI=1S/C27H32N2O3/c1-21(2)20-32-26-15-7-13-24(18-26)29-27(30)19-28-23-12-6-14-25(17-23)31-16-8-11-22-9-4-3-5-10-22/h3-7,9-10,12-15,17-18,21,28H,8,11,16,19-20H2,1-2H3,(H,29,30). The van der Waals surface area contributed by atoms with E-state index in [2.05, 4.69) is 48.7 Å². The minimum atomic E-state index is -0.125. The smallest absolute Gasteiger partial charge is 0.243 e.